The molecule has 86 valence electrons. The molecular weight excluding hydrogens is 232 g/mol. The highest BCUT2D eigenvalue weighted by atomic mass is 32.1. The van der Waals surface area contributed by atoms with Gasteiger partial charge in [-0.25, -0.2) is 0 Å². The van der Waals surface area contributed by atoms with Crippen LogP contribution in [-0.2, 0) is 6.54 Å². The number of hydrogen-bond donors (Lipinski definition) is 1. The standard InChI is InChI=1S/C13H12N2OS/c14-7-11-4-6-13(17-11)12-5-3-10(16-12)8-15-9-1-2-9/h3-6,9,15H,1-2,8H2. The van der Waals surface area contributed by atoms with Crippen molar-refractivity contribution in [1.29, 1.82) is 5.26 Å². The van der Waals surface area contributed by atoms with Gasteiger partial charge in [0.1, 0.15) is 22.5 Å². The summed E-state index contributed by atoms with van der Waals surface area (Å²) in [7, 11) is 0. The monoisotopic (exact) mass is 244 g/mol. The Kier molecular flexibility index (Phi) is 2.71. The van der Waals surface area contributed by atoms with E-state index in [0.29, 0.717) is 10.9 Å². The van der Waals surface area contributed by atoms with E-state index in [2.05, 4.69) is 11.4 Å². The first-order chi connectivity index (χ1) is 8.35. The summed E-state index contributed by atoms with van der Waals surface area (Å²) in [4.78, 5) is 1.73. The first-order valence-corrected chi connectivity index (χ1v) is 6.49. The summed E-state index contributed by atoms with van der Waals surface area (Å²) in [6, 6.07) is 10.5. The SMILES string of the molecule is N#Cc1ccc(-c2ccc(CNC3CC3)o2)s1. The van der Waals surface area contributed by atoms with Crippen LogP contribution in [0.15, 0.2) is 28.7 Å². The van der Waals surface area contributed by atoms with Gasteiger partial charge in [-0.2, -0.15) is 5.26 Å². The zero-order chi connectivity index (χ0) is 11.7. The van der Waals surface area contributed by atoms with Gasteiger partial charge in [0.05, 0.1) is 11.4 Å². The Morgan fingerprint density at radius 3 is 2.94 bits per heavy atom. The minimum atomic E-state index is 0.690. The minimum Gasteiger partial charge on any atom is -0.459 e. The van der Waals surface area contributed by atoms with E-state index < -0.39 is 0 Å². The molecule has 0 radical (unpaired) electrons. The van der Waals surface area contributed by atoms with E-state index in [1.165, 1.54) is 24.2 Å². The fraction of sp³-hybridized carbons (Fsp3) is 0.308. The smallest absolute Gasteiger partial charge is 0.144 e. The molecule has 0 saturated heterocycles. The summed E-state index contributed by atoms with van der Waals surface area (Å²) in [5, 5.41) is 12.2. The predicted octanol–water partition coefficient (Wildman–Crippen LogP) is 3.13. The van der Waals surface area contributed by atoms with Crippen molar-refractivity contribution in [1.82, 2.24) is 5.32 Å². The molecule has 0 spiro atoms. The summed E-state index contributed by atoms with van der Waals surface area (Å²) >= 11 is 1.46. The average Bonchev–Trinajstić information content (AvgIpc) is 2.89. The lowest BCUT2D eigenvalue weighted by Gasteiger charge is -1.98. The lowest BCUT2D eigenvalue weighted by molar-refractivity contribution is 0.493. The zero-order valence-electron chi connectivity index (χ0n) is 9.27. The molecule has 0 unspecified atom stereocenters. The van der Waals surface area contributed by atoms with E-state index in [9.17, 15) is 0 Å². The van der Waals surface area contributed by atoms with Gasteiger partial charge in [-0.1, -0.05) is 0 Å². The van der Waals surface area contributed by atoms with Crippen molar-refractivity contribution in [3.8, 4) is 16.7 Å². The van der Waals surface area contributed by atoms with E-state index in [-0.39, 0.29) is 0 Å². The van der Waals surface area contributed by atoms with Crippen molar-refractivity contribution >= 4 is 11.3 Å². The number of nitriles is 1. The zero-order valence-corrected chi connectivity index (χ0v) is 10.1. The molecule has 0 aromatic carbocycles. The summed E-state index contributed by atoms with van der Waals surface area (Å²) in [5.74, 6) is 1.81. The molecule has 1 fully saturated rings. The van der Waals surface area contributed by atoms with Crippen LogP contribution < -0.4 is 5.32 Å². The van der Waals surface area contributed by atoms with Gasteiger partial charge in [0.25, 0.3) is 0 Å². The van der Waals surface area contributed by atoms with Crippen LogP contribution in [0.1, 0.15) is 23.5 Å². The van der Waals surface area contributed by atoms with Crippen LogP contribution in [0.25, 0.3) is 10.6 Å². The molecule has 0 atom stereocenters. The minimum absolute atomic E-state index is 0.690. The molecule has 4 heteroatoms. The van der Waals surface area contributed by atoms with Gasteiger partial charge in [0.2, 0.25) is 0 Å². The molecule has 0 amide bonds. The van der Waals surface area contributed by atoms with Gasteiger partial charge in [-0.3, -0.25) is 0 Å². The van der Waals surface area contributed by atoms with Crippen molar-refractivity contribution in [2.24, 2.45) is 0 Å². The molecular formula is C13H12N2OS. The van der Waals surface area contributed by atoms with Gasteiger partial charge in [-0.05, 0) is 37.1 Å². The number of nitrogens with zero attached hydrogens (tertiary/aromatic N) is 1. The second-order valence-electron chi connectivity index (χ2n) is 4.20. The van der Waals surface area contributed by atoms with Crippen LogP contribution >= 0.6 is 11.3 Å². The third-order valence-electron chi connectivity index (χ3n) is 2.76. The number of nitrogens with one attached hydrogen (secondary N) is 1. The maximum Gasteiger partial charge on any atom is 0.144 e. The van der Waals surface area contributed by atoms with Crippen LogP contribution in [-0.4, -0.2) is 6.04 Å². The summed E-state index contributed by atoms with van der Waals surface area (Å²) in [6.07, 6.45) is 2.56. The highest BCUT2D eigenvalue weighted by Crippen LogP contribution is 2.29. The second-order valence-corrected chi connectivity index (χ2v) is 5.28. The molecule has 2 heterocycles. The largest absolute Gasteiger partial charge is 0.459 e. The van der Waals surface area contributed by atoms with Gasteiger partial charge < -0.3 is 9.73 Å². The van der Waals surface area contributed by atoms with Crippen LogP contribution in [0.4, 0.5) is 0 Å². The van der Waals surface area contributed by atoms with E-state index in [1.54, 1.807) is 0 Å². The lowest BCUT2D eigenvalue weighted by atomic mass is 10.3. The molecule has 1 aliphatic carbocycles. The van der Waals surface area contributed by atoms with Crippen LogP contribution in [0, 0.1) is 11.3 Å². The molecule has 2 aromatic heterocycles. The fourth-order valence-electron chi connectivity index (χ4n) is 1.67. The summed E-state index contributed by atoms with van der Waals surface area (Å²) in [5.41, 5.74) is 0. The summed E-state index contributed by atoms with van der Waals surface area (Å²) in [6.45, 7) is 0.793. The van der Waals surface area contributed by atoms with Crippen molar-refractivity contribution in [2.75, 3.05) is 0 Å². The molecule has 1 aliphatic rings. The van der Waals surface area contributed by atoms with Gasteiger partial charge in [0.15, 0.2) is 0 Å². The van der Waals surface area contributed by atoms with E-state index in [1.807, 2.05) is 24.3 Å². The van der Waals surface area contributed by atoms with Crippen LogP contribution in [0.5, 0.6) is 0 Å². The maximum absolute atomic E-state index is 8.78. The Morgan fingerprint density at radius 1 is 1.35 bits per heavy atom. The van der Waals surface area contributed by atoms with Gasteiger partial charge in [-0.15, -0.1) is 11.3 Å². The molecule has 0 aliphatic heterocycles. The molecule has 3 rings (SSSR count). The number of furan rings is 1. The molecule has 1 N–H and O–H groups in total. The molecule has 2 aromatic rings. The first kappa shape index (κ1) is 10.6. The van der Waals surface area contributed by atoms with E-state index in [0.717, 1.165) is 22.9 Å². The Bertz CT molecular complexity index is 560. The summed E-state index contributed by atoms with van der Waals surface area (Å²) < 4.78 is 5.74. The molecule has 17 heavy (non-hydrogen) atoms. The maximum atomic E-state index is 8.78. The third-order valence-corrected chi connectivity index (χ3v) is 3.77. The van der Waals surface area contributed by atoms with Crippen molar-refractivity contribution < 1.29 is 4.42 Å². The lowest BCUT2D eigenvalue weighted by Crippen LogP contribution is -2.14. The second kappa shape index (κ2) is 4.36. The fourth-order valence-corrected chi connectivity index (χ4v) is 2.43. The van der Waals surface area contributed by atoms with Crippen molar-refractivity contribution in [3.05, 3.63) is 34.9 Å². The van der Waals surface area contributed by atoms with Crippen LogP contribution in [0.2, 0.25) is 0 Å². The predicted molar refractivity (Wildman–Crippen MR) is 66.6 cm³/mol. The van der Waals surface area contributed by atoms with Gasteiger partial charge in [0, 0.05) is 6.04 Å². The highest BCUT2D eigenvalue weighted by Gasteiger charge is 2.20. The molecule has 3 nitrogen and oxygen atoms in total. The Hall–Kier alpha value is -1.57. The Morgan fingerprint density at radius 2 is 2.24 bits per heavy atom. The number of rotatable bonds is 4. The highest BCUT2D eigenvalue weighted by molar-refractivity contribution is 7.15. The third kappa shape index (κ3) is 2.41. The quantitative estimate of drug-likeness (QED) is 0.898. The van der Waals surface area contributed by atoms with Gasteiger partial charge >= 0.3 is 0 Å². The number of hydrogen-bond acceptors (Lipinski definition) is 4. The van der Waals surface area contributed by atoms with Crippen molar-refractivity contribution in [2.45, 2.75) is 25.4 Å². The van der Waals surface area contributed by atoms with Crippen LogP contribution in [0.3, 0.4) is 0 Å². The van der Waals surface area contributed by atoms with E-state index in [4.69, 9.17) is 9.68 Å². The molecule has 0 bridgehead atoms. The van der Waals surface area contributed by atoms with Crippen molar-refractivity contribution in [3.63, 3.8) is 0 Å². The van der Waals surface area contributed by atoms with E-state index >= 15 is 0 Å². The molecule has 1 saturated carbocycles. The Labute approximate surface area is 104 Å². The Balaban J connectivity index is 1.72. The number of thiophene rings is 1. The first-order valence-electron chi connectivity index (χ1n) is 5.67. The average molecular weight is 244 g/mol. The normalized spacial score (nSPS) is 14.8. The topological polar surface area (TPSA) is 49.0 Å².